The van der Waals surface area contributed by atoms with E-state index in [0.29, 0.717) is 0 Å². The summed E-state index contributed by atoms with van der Waals surface area (Å²) < 4.78 is 1.39. The second-order valence-corrected chi connectivity index (χ2v) is 5.29. The van der Waals surface area contributed by atoms with Crippen molar-refractivity contribution in [3.05, 3.63) is 46.9 Å². The average molecular weight is 245 g/mol. The third kappa shape index (κ3) is 3.18. The van der Waals surface area contributed by atoms with Crippen LogP contribution in [-0.2, 0) is 6.42 Å². The van der Waals surface area contributed by atoms with Crippen molar-refractivity contribution >= 4 is 21.4 Å². The van der Waals surface area contributed by atoms with E-state index in [-0.39, 0.29) is 0 Å². The lowest BCUT2D eigenvalue weighted by Crippen LogP contribution is -2.06. The molecule has 17 heavy (non-hydrogen) atoms. The van der Waals surface area contributed by atoms with Crippen molar-refractivity contribution in [3.8, 4) is 0 Å². The van der Waals surface area contributed by atoms with Crippen molar-refractivity contribution in [2.45, 2.75) is 19.8 Å². The first-order valence-corrected chi connectivity index (χ1v) is 6.94. The van der Waals surface area contributed by atoms with Crippen LogP contribution in [0.5, 0.6) is 0 Å². The molecule has 0 aliphatic heterocycles. The van der Waals surface area contributed by atoms with E-state index in [1.807, 2.05) is 18.4 Å². The number of allylic oxidation sites excluding steroid dienone is 1. The molecule has 0 amide bonds. The van der Waals surface area contributed by atoms with Crippen LogP contribution in [0.3, 0.4) is 0 Å². The highest BCUT2D eigenvalue weighted by Gasteiger charge is 2.03. The Morgan fingerprint density at radius 1 is 1.35 bits per heavy atom. The third-order valence-corrected chi connectivity index (χ3v) is 3.93. The predicted octanol–water partition coefficient (Wildman–Crippen LogP) is 4.00. The smallest absolute Gasteiger partial charge is 0.0345 e. The molecule has 0 spiro atoms. The Balaban J connectivity index is 2.10. The van der Waals surface area contributed by atoms with Gasteiger partial charge in [-0.2, -0.15) is 0 Å². The summed E-state index contributed by atoms with van der Waals surface area (Å²) in [5.74, 6) is 0. The number of hydrogen-bond donors (Lipinski definition) is 1. The van der Waals surface area contributed by atoms with Gasteiger partial charge in [0.15, 0.2) is 0 Å². The molecule has 0 radical (unpaired) electrons. The van der Waals surface area contributed by atoms with Crippen LogP contribution in [0.4, 0.5) is 0 Å². The van der Waals surface area contributed by atoms with E-state index in [9.17, 15) is 0 Å². The quantitative estimate of drug-likeness (QED) is 0.620. The van der Waals surface area contributed by atoms with Gasteiger partial charge in [-0.15, -0.1) is 11.3 Å². The number of fused-ring (bicyclic) bond motifs is 1. The molecule has 1 nitrogen and oxygen atoms in total. The molecular formula is C15H19NS. The molecular weight excluding hydrogens is 226 g/mol. The zero-order chi connectivity index (χ0) is 12.1. The Morgan fingerprint density at radius 2 is 2.18 bits per heavy atom. The summed E-state index contributed by atoms with van der Waals surface area (Å²) in [5.41, 5.74) is 2.92. The molecule has 1 aromatic carbocycles. The van der Waals surface area contributed by atoms with Crippen molar-refractivity contribution in [2.24, 2.45) is 0 Å². The fourth-order valence-corrected chi connectivity index (χ4v) is 2.97. The number of nitrogens with one attached hydrogen (secondary N) is 1. The molecule has 1 N–H and O–H groups in total. The van der Waals surface area contributed by atoms with Gasteiger partial charge in [-0.1, -0.05) is 29.8 Å². The third-order valence-electron chi connectivity index (χ3n) is 2.92. The minimum Gasteiger partial charge on any atom is -0.319 e. The van der Waals surface area contributed by atoms with Crippen molar-refractivity contribution in [1.29, 1.82) is 0 Å². The minimum atomic E-state index is 1.06. The van der Waals surface area contributed by atoms with E-state index >= 15 is 0 Å². The Bertz CT molecular complexity index is 510. The van der Waals surface area contributed by atoms with Gasteiger partial charge < -0.3 is 5.32 Å². The first kappa shape index (κ1) is 12.3. The molecule has 2 rings (SSSR count). The molecule has 90 valence electrons. The van der Waals surface area contributed by atoms with Gasteiger partial charge in [0.1, 0.15) is 0 Å². The molecule has 2 aromatic rings. The number of benzene rings is 1. The maximum absolute atomic E-state index is 3.17. The summed E-state index contributed by atoms with van der Waals surface area (Å²) in [6.45, 7) is 3.28. The minimum absolute atomic E-state index is 1.06. The van der Waals surface area contributed by atoms with Gasteiger partial charge in [0.2, 0.25) is 0 Å². The molecule has 1 heterocycles. The van der Waals surface area contributed by atoms with Gasteiger partial charge in [0.25, 0.3) is 0 Å². The highest BCUT2D eigenvalue weighted by atomic mass is 32.1. The molecule has 1 aromatic heterocycles. The van der Waals surface area contributed by atoms with Gasteiger partial charge in [0, 0.05) is 4.70 Å². The first-order valence-electron chi connectivity index (χ1n) is 6.06. The summed E-state index contributed by atoms with van der Waals surface area (Å²) in [5, 5.41) is 6.88. The van der Waals surface area contributed by atoms with Crippen LogP contribution in [0.25, 0.3) is 10.1 Å². The highest BCUT2D eigenvalue weighted by molar-refractivity contribution is 7.17. The van der Waals surface area contributed by atoms with Gasteiger partial charge in [-0.3, -0.25) is 0 Å². The van der Waals surface area contributed by atoms with E-state index in [1.54, 1.807) is 0 Å². The van der Waals surface area contributed by atoms with Crippen LogP contribution in [0, 0.1) is 0 Å². The van der Waals surface area contributed by atoms with Crippen LogP contribution in [0.2, 0.25) is 0 Å². The number of thiophene rings is 1. The number of rotatable bonds is 5. The Hall–Kier alpha value is -1.12. The summed E-state index contributed by atoms with van der Waals surface area (Å²) in [4.78, 5) is 0. The van der Waals surface area contributed by atoms with E-state index < -0.39 is 0 Å². The molecule has 0 saturated heterocycles. The Morgan fingerprint density at radius 3 is 3.00 bits per heavy atom. The summed E-state index contributed by atoms with van der Waals surface area (Å²) in [6.07, 6.45) is 4.53. The molecule has 0 aliphatic carbocycles. The maximum Gasteiger partial charge on any atom is 0.0345 e. The second-order valence-electron chi connectivity index (χ2n) is 4.38. The molecule has 0 aliphatic rings. The summed E-state index contributed by atoms with van der Waals surface area (Å²) >= 11 is 1.84. The lowest BCUT2D eigenvalue weighted by molar-refractivity contribution is 0.803. The van der Waals surface area contributed by atoms with Crippen LogP contribution in [0.1, 0.15) is 18.9 Å². The van der Waals surface area contributed by atoms with Crippen molar-refractivity contribution in [1.82, 2.24) is 5.32 Å². The fraction of sp³-hybridized carbons (Fsp3) is 0.333. The van der Waals surface area contributed by atoms with Gasteiger partial charge in [-0.05, 0) is 55.8 Å². The van der Waals surface area contributed by atoms with Gasteiger partial charge in [-0.25, -0.2) is 0 Å². The molecule has 0 atom stereocenters. The number of hydrogen-bond acceptors (Lipinski definition) is 2. The average Bonchev–Trinajstić information content (AvgIpc) is 2.73. The zero-order valence-electron chi connectivity index (χ0n) is 10.5. The van der Waals surface area contributed by atoms with Crippen molar-refractivity contribution in [2.75, 3.05) is 13.6 Å². The largest absolute Gasteiger partial charge is 0.319 e. The second kappa shape index (κ2) is 5.99. The van der Waals surface area contributed by atoms with E-state index in [1.165, 1.54) is 21.2 Å². The molecule has 0 bridgehead atoms. The molecule has 0 saturated carbocycles. The van der Waals surface area contributed by atoms with Crippen LogP contribution >= 0.6 is 11.3 Å². The molecule has 0 fully saturated rings. The van der Waals surface area contributed by atoms with E-state index in [2.05, 4.69) is 48.0 Å². The lowest BCUT2D eigenvalue weighted by Gasteiger charge is -2.01. The van der Waals surface area contributed by atoms with Gasteiger partial charge >= 0.3 is 0 Å². The predicted molar refractivity (Wildman–Crippen MR) is 77.8 cm³/mol. The van der Waals surface area contributed by atoms with Gasteiger partial charge in [0.05, 0.1) is 0 Å². The van der Waals surface area contributed by atoms with Crippen LogP contribution in [-0.4, -0.2) is 13.6 Å². The highest BCUT2D eigenvalue weighted by Crippen LogP contribution is 2.27. The van der Waals surface area contributed by atoms with E-state index in [0.717, 1.165) is 19.4 Å². The summed E-state index contributed by atoms with van der Waals surface area (Å²) in [7, 11) is 2.00. The molecule has 2 heteroatoms. The topological polar surface area (TPSA) is 12.0 Å². The van der Waals surface area contributed by atoms with E-state index in [4.69, 9.17) is 0 Å². The first-order chi connectivity index (χ1) is 8.31. The normalized spacial score (nSPS) is 12.2. The SMILES string of the molecule is CNCCC=C(C)Cc1csc2ccccc12. The maximum atomic E-state index is 3.17. The lowest BCUT2D eigenvalue weighted by atomic mass is 10.0. The zero-order valence-corrected chi connectivity index (χ0v) is 11.3. The van der Waals surface area contributed by atoms with Crippen LogP contribution < -0.4 is 5.32 Å². The van der Waals surface area contributed by atoms with Crippen molar-refractivity contribution in [3.63, 3.8) is 0 Å². The monoisotopic (exact) mass is 245 g/mol. The fourth-order valence-electron chi connectivity index (χ4n) is 2.01. The van der Waals surface area contributed by atoms with Crippen LogP contribution in [0.15, 0.2) is 41.3 Å². The van der Waals surface area contributed by atoms with Crippen molar-refractivity contribution < 1.29 is 0 Å². The standard InChI is InChI=1S/C15H19NS/c1-12(6-5-9-16-2)10-13-11-17-15-8-4-3-7-14(13)15/h3-4,6-8,11,16H,5,9-10H2,1-2H3. The summed E-state index contributed by atoms with van der Waals surface area (Å²) in [6, 6.07) is 8.66. The molecule has 0 unspecified atom stereocenters. The Kier molecular flexibility index (Phi) is 4.35. The Labute approximate surface area is 107 Å².